The number of carbonyl (C=O) groups is 2. The summed E-state index contributed by atoms with van der Waals surface area (Å²) in [5.41, 5.74) is 8.28. The molecule has 3 rings (SSSR count). The van der Waals surface area contributed by atoms with E-state index in [0.717, 1.165) is 22.0 Å². The van der Waals surface area contributed by atoms with Crippen LogP contribution in [0.1, 0.15) is 11.1 Å². The average molecular weight is 340 g/mol. The number of aromatic amines is 1. The summed E-state index contributed by atoms with van der Waals surface area (Å²) in [6, 6.07) is 16.0. The van der Waals surface area contributed by atoms with Crippen LogP contribution >= 0.6 is 0 Å². The Kier molecular flexibility index (Phi) is 6.31. The minimum absolute atomic E-state index is 0.112. The Labute approximate surface area is 144 Å². The van der Waals surface area contributed by atoms with E-state index in [2.05, 4.69) is 4.98 Å². The highest BCUT2D eigenvalue weighted by Crippen LogP contribution is 2.18. The third-order valence-electron chi connectivity index (χ3n) is 3.63. The number of aliphatic carboxylic acids is 2. The molecule has 1 atom stereocenters. The zero-order chi connectivity index (χ0) is 18.2. The van der Waals surface area contributed by atoms with E-state index in [-0.39, 0.29) is 6.42 Å². The Morgan fingerprint density at radius 1 is 1.00 bits per heavy atom. The van der Waals surface area contributed by atoms with Gasteiger partial charge in [-0.25, -0.2) is 0 Å². The van der Waals surface area contributed by atoms with E-state index in [1.165, 1.54) is 0 Å². The lowest BCUT2D eigenvalue weighted by Gasteiger charge is -2.04. The largest absolute Gasteiger partial charge is 0.481 e. The third-order valence-corrected chi connectivity index (χ3v) is 3.63. The first-order valence-electron chi connectivity index (χ1n) is 7.76. The fourth-order valence-corrected chi connectivity index (χ4v) is 2.40. The molecule has 0 amide bonds. The maximum absolute atomic E-state index is 10.6. The van der Waals surface area contributed by atoms with Gasteiger partial charge in [0.1, 0.15) is 6.04 Å². The standard InChI is InChI=1S/C11H12N2O2.C8H8O2/c12-9(11(14)15)5-7-6-13-10-4-2-1-3-8(7)10;9-8(10)6-7-4-2-1-3-5-7/h1-4,6,9,13H,5,12H2,(H,14,15);1-5H,6H2,(H,9,10). The van der Waals surface area contributed by atoms with E-state index in [1.807, 2.05) is 48.7 Å². The van der Waals surface area contributed by atoms with Crippen LogP contribution < -0.4 is 5.73 Å². The Bertz CT molecular complexity index is 843. The number of nitrogens with two attached hydrogens (primary N) is 1. The minimum atomic E-state index is -0.972. The molecule has 1 heterocycles. The lowest BCUT2D eigenvalue weighted by molar-refractivity contribution is -0.138. The molecule has 3 aromatic rings. The summed E-state index contributed by atoms with van der Waals surface area (Å²) in [6.45, 7) is 0. The molecular formula is C19H20N2O4. The number of rotatable bonds is 5. The van der Waals surface area contributed by atoms with Crippen molar-refractivity contribution < 1.29 is 19.8 Å². The van der Waals surface area contributed by atoms with Crippen LogP contribution in [0.15, 0.2) is 60.8 Å². The third kappa shape index (κ3) is 5.47. The molecule has 0 saturated heterocycles. The molecule has 5 N–H and O–H groups in total. The van der Waals surface area contributed by atoms with Crippen LogP contribution in [0, 0.1) is 0 Å². The maximum atomic E-state index is 10.6. The highest BCUT2D eigenvalue weighted by molar-refractivity contribution is 5.84. The lowest BCUT2D eigenvalue weighted by Crippen LogP contribution is -2.32. The molecule has 0 radical (unpaired) electrons. The molecule has 25 heavy (non-hydrogen) atoms. The molecule has 1 aromatic heterocycles. The molecule has 1 unspecified atom stereocenters. The van der Waals surface area contributed by atoms with Crippen molar-refractivity contribution >= 4 is 22.8 Å². The molecular weight excluding hydrogens is 320 g/mol. The molecule has 0 aliphatic rings. The molecule has 0 saturated carbocycles. The number of benzene rings is 2. The zero-order valence-corrected chi connectivity index (χ0v) is 13.6. The van der Waals surface area contributed by atoms with E-state index < -0.39 is 18.0 Å². The van der Waals surface area contributed by atoms with Crippen molar-refractivity contribution in [3.8, 4) is 0 Å². The van der Waals surface area contributed by atoms with Crippen LogP contribution in [0.5, 0.6) is 0 Å². The monoisotopic (exact) mass is 340 g/mol. The van der Waals surface area contributed by atoms with Gasteiger partial charge in [0.05, 0.1) is 6.42 Å². The number of H-pyrrole nitrogens is 1. The summed E-state index contributed by atoms with van der Waals surface area (Å²) in [4.78, 5) is 23.9. The quantitative estimate of drug-likeness (QED) is 0.569. The molecule has 0 aliphatic carbocycles. The summed E-state index contributed by atoms with van der Waals surface area (Å²) in [5.74, 6) is -1.76. The van der Waals surface area contributed by atoms with Crippen LogP contribution in [0.3, 0.4) is 0 Å². The smallest absolute Gasteiger partial charge is 0.320 e. The van der Waals surface area contributed by atoms with Crippen LogP contribution in [0.2, 0.25) is 0 Å². The summed E-state index contributed by atoms with van der Waals surface area (Å²) >= 11 is 0. The second kappa shape index (κ2) is 8.65. The van der Waals surface area contributed by atoms with Gasteiger partial charge >= 0.3 is 11.9 Å². The Morgan fingerprint density at radius 3 is 2.28 bits per heavy atom. The number of para-hydroxylation sites is 1. The van der Waals surface area contributed by atoms with E-state index in [0.29, 0.717) is 6.42 Å². The second-order valence-corrected chi connectivity index (χ2v) is 5.56. The Balaban J connectivity index is 0.000000196. The number of aromatic nitrogens is 1. The highest BCUT2D eigenvalue weighted by Gasteiger charge is 2.14. The summed E-state index contributed by atoms with van der Waals surface area (Å²) in [6.07, 6.45) is 2.27. The van der Waals surface area contributed by atoms with E-state index in [9.17, 15) is 9.59 Å². The molecule has 0 fully saturated rings. The second-order valence-electron chi connectivity index (χ2n) is 5.56. The van der Waals surface area contributed by atoms with Crippen molar-refractivity contribution in [3.05, 3.63) is 71.9 Å². The summed E-state index contributed by atoms with van der Waals surface area (Å²) < 4.78 is 0. The number of fused-ring (bicyclic) bond motifs is 1. The van der Waals surface area contributed by atoms with E-state index >= 15 is 0 Å². The van der Waals surface area contributed by atoms with Gasteiger partial charge < -0.3 is 20.9 Å². The van der Waals surface area contributed by atoms with Gasteiger partial charge in [-0.05, 0) is 17.2 Å². The number of carboxylic acid groups (broad SMARTS) is 2. The first kappa shape index (κ1) is 18.2. The predicted octanol–water partition coefficient (Wildman–Crippen LogP) is 2.44. The molecule has 6 nitrogen and oxygen atoms in total. The number of nitrogens with one attached hydrogen (secondary N) is 1. The van der Waals surface area contributed by atoms with Gasteiger partial charge in [0, 0.05) is 23.5 Å². The minimum Gasteiger partial charge on any atom is -0.481 e. The average Bonchev–Trinajstić information content (AvgIpc) is 2.99. The topological polar surface area (TPSA) is 116 Å². The van der Waals surface area contributed by atoms with Gasteiger partial charge in [-0.3, -0.25) is 9.59 Å². The number of hydrogen-bond acceptors (Lipinski definition) is 3. The number of carboxylic acids is 2. The van der Waals surface area contributed by atoms with Gasteiger partial charge in [-0.2, -0.15) is 0 Å². The number of hydrogen-bond donors (Lipinski definition) is 4. The fraction of sp³-hybridized carbons (Fsp3) is 0.158. The first-order valence-corrected chi connectivity index (χ1v) is 7.76. The highest BCUT2D eigenvalue weighted by atomic mass is 16.4. The predicted molar refractivity (Wildman–Crippen MR) is 95.4 cm³/mol. The van der Waals surface area contributed by atoms with Crippen molar-refractivity contribution in [2.75, 3.05) is 0 Å². The van der Waals surface area contributed by atoms with Crippen molar-refractivity contribution in [2.45, 2.75) is 18.9 Å². The van der Waals surface area contributed by atoms with Crippen molar-refractivity contribution in [3.63, 3.8) is 0 Å². The Morgan fingerprint density at radius 2 is 1.64 bits per heavy atom. The summed E-state index contributed by atoms with van der Waals surface area (Å²) in [7, 11) is 0. The molecule has 0 aliphatic heterocycles. The maximum Gasteiger partial charge on any atom is 0.320 e. The molecule has 0 bridgehead atoms. The zero-order valence-electron chi connectivity index (χ0n) is 13.6. The van der Waals surface area contributed by atoms with Crippen molar-refractivity contribution in [1.82, 2.24) is 4.98 Å². The van der Waals surface area contributed by atoms with Gasteiger partial charge in [0.25, 0.3) is 0 Å². The van der Waals surface area contributed by atoms with Crippen molar-refractivity contribution in [1.29, 1.82) is 0 Å². The lowest BCUT2D eigenvalue weighted by atomic mass is 10.1. The van der Waals surface area contributed by atoms with Gasteiger partial charge in [-0.1, -0.05) is 48.5 Å². The summed E-state index contributed by atoms with van der Waals surface area (Å²) in [5, 5.41) is 18.1. The van der Waals surface area contributed by atoms with Crippen LogP contribution in [-0.4, -0.2) is 33.2 Å². The molecule has 130 valence electrons. The van der Waals surface area contributed by atoms with Gasteiger partial charge in [-0.15, -0.1) is 0 Å². The van der Waals surface area contributed by atoms with E-state index in [4.69, 9.17) is 15.9 Å². The van der Waals surface area contributed by atoms with Crippen LogP contribution in [0.4, 0.5) is 0 Å². The van der Waals surface area contributed by atoms with Gasteiger partial charge in [0.2, 0.25) is 0 Å². The first-order chi connectivity index (χ1) is 12.0. The van der Waals surface area contributed by atoms with Crippen LogP contribution in [0.25, 0.3) is 10.9 Å². The molecule has 2 aromatic carbocycles. The molecule has 0 spiro atoms. The van der Waals surface area contributed by atoms with E-state index in [1.54, 1.807) is 12.1 Å². The fourth-order valence-electron chi connectivity index (χ4n) is 2.40. The van der Waals surface area contributed by atoms with Crippen molar-refractivity contribution in [2.24, 2.45) is 5.73 Å². The normalized spacial score (nSPS) is 11.4. The molecule has 6 heteroatoms. The Hall–Kier alpha value is -3.12. The van der Waals surface area contributed by atoms with Gasteiger partial charge in [0.15, 0.2) is 0 Å². The SMILES string of the molecule is NC(Cc1c[nH]c2ccccc12)C(=O)O.O=C(O)Cc1ccccc1. The van der Waals surface area contributed by atoms with Crippen LogP contribution in [-0.2, 0) is 22.4 Å².